The van der Waals surface area contributed by atoms with E-state index in [0.29, 0.717) is 11.5 Å². The van der Waals surface area contributed by atoms with Crippen LogP contribution in [-0.4, -0.2) is 39.2 Å². The summed E-state index contributed by atoms with van der Waals surface area (Å²) in [6.07, 6.45) is 0. The lowest BCUT2D eigenvalue weighted by Crippen LogP contribution is -2.20. The van der Waals surface area contributed by atoms with E-state index in [1.54, 1.807) is 12.1 Å². The highest BCUT2D eigenvalue weighted by molar-refractivity contribution is 6.43. The third-order valence-corrected chi connectivity index (χ3v) is 4.41. The van der Waals surface area contributed by atoms with Crippen LogP contribution in [0.15, 0.2) is 30.3 Å². The number of Topliss-reactive ketones (excluding diaryl/α,β-unsaturated/α-hetero) is 1. The second-order valence-corrected chi connectivity index (χ2v) is 6.36. The minimum atomic E-state index is -0.752. The monoisotopic (exact) mass is 432 g/mol. The van der Waals surface area contributed by atoms with Gasteiger partial charge in [-0.2, -0.15) is 0 Å². The first-order chi connectivity index (χ1) is 12.8. The summed E-state index contributed by atoms with van der Waals surface area (Å²) < 4.78 is 20.4. The molecule has 144 valence electrons. The quantitative estimate of drug-likeness (QED) is 0.347. The van der Waals surface area contributed by atoms with E-state index in [1.807, 2.05) is 0 Å². The Morgan fingerprint density at radius 2 is 1.56 bits per heavy atom. The molecule has 0 bridgehead atoms. The van der Waals surface area contributed by atoms with Crippen molar-refractivity contribution in [3.8, 4) is 17.2 Å². The molecule has 0 spiro atoms. The number of hydrogen-bond acceptors (Lipinski definition) is 6. The van der Waals surface area contributed by atoms with Gasteiger partial charge in [0.25, 0.3) is 0 Å². The summed E-state index contributed by atoms with van der Waals surface area (Å²) in [6, 6.07) is 7.47. The third-order valence-electron chi connectivity index (χ3n) is 3.39. The van der Waals surface area contributed by atoms with E-state index in [4.69, 9.17) is 53.8 Å². The topological polar surface area (TPSA) is 71.1 Å². The van der Waals surface area contributed by atoms with E-state index in [-0.39, 0.29) is 26.4 Å². The molecule has 0 amide bonds. The van der Waals surface area contributed by atoms with Crippen molar-refractivity contribution < 1.29 is 28.5 Å². The fourth-order valence-corrected chi connectivity index (χ4v) is 2.64. The van der Waals surface area contributed by atoms with Crippen LogP contribution in [0.3, 0.4) is 0 Å². The molecular weight excluding hydrogens is 419 g/mol. The first-order valence-electron chi connectivity index (χ1n) is 7.54. The Morgan fingerprint density at radius 1 is 0.852 bits per heavy atom. The number of carbonyl (C=O) groups excluding carboxylic acids is 2. The largest absolute Gasteiger partial charge is 0.497 e. The maximum Gasteiger partial charge on any atom is 0.344 e. The van der Waals surface area contributed by atoms with Gasteiger partial charge in [0.15, 0.2) is 13.2 Å². The third kappa shape index (κ3) is 5.66. The Bertz CT molecular complexity index is 853. The number of ether oxygens (including phenoxy) is 4. The first-order valence-corrected chi connectivity index (χ1v) is 8.67. The zero-order valence-corrected chi connectivity index (χ0v) is 16.7. The fourth-order valence-electron chi connectivity index (χ4n) is 2.05. The minimum Gasteiger partial charge on any atom is -0.497 e. The Hall–Kier alpha value is -2.15. The highest BCUT2D eigenvalue weighted by Gasteiger charge is 2.16. The maximum atomic E-state index is 12.2. The Labute approximate surface area is 170 Å². The van der Waals surface area contributed by atoms with Crippen LogP contribution in [0.4, 0.5) is 0 Å². The number of methoxy groups -OCH3 is 2. The van der Waals surface area contributed by atoms with Crippen molar-refractivity contribution in [2.24, 2.45) is 0 Å². The summed E-state index contributed by atoms with van der Waals surface area (Å²) in [7, 11) is 2.92. The lowest BCUT2D eigenvalue weighted by atomic mass is 10.1. The van der Waals surface area contributed by atoms with Crippen molar-refractivity contribution in [2.75, 3.05) is 27.4 Å². The lowest BCUT2D eigenvalue weighted by Gasteiger charge is -2.11. The van der Waals surface area contributed by atoms with Crippen LogP contribution >= 0.6 is 34.8 Å². The molecule has 2 rings (SSSR count). The van der Waals surface area contributed by atoms with Crippen LogP contribution in [0, 0.1) is 0 Å². The average molecular weight is 434 g/mol. The van der Waals surface area contributed by atoms with Crippen molar-refractivity contribution in [3.05, 3.63) is 51.0 Å². The summed E-state index contributed by atoms with van der Waals surface area (Å²) in [6.45, 7) is -0.926. The Morgan fingerprint density at radius 3 is 2.22 bits per heavy atom. The number of carbonyl (C=O) groups is 2. The molecule has 0 heterocycles. The van der Waals surface area contributed by atoms with Crippen molar-refractivity contribution in [3.63, 3.8) is 0 Å². The smallest absolute Gasteiger partial charge is 0.344 e. The first kappa shape index (κ1) is 21.2. The van der Waals surface area contributed by atoms with E-state index in [2.05, 4.69) is 0 Å². The summed E-state index contributed by atoms with van der Waals surface area (Å²) in [5.41, 5.74) is 0.263. The molecule has 0 aliphatic heterocycles. The van der Waals surface area contributed by atoms with Gasteiger partial charge in [-0.25, -0.2) is 4.79 Å². The van der Waals surface area contributed by atoms with E-state index < -0.39 is 25.0 Å². The molecular formula is C18H15Cl3O6. The number of halogens is 3. The standard InChI is InChI=1S/C18H15Cl3O6/c1-24-10-3-4-11(16(5-10)25-2)15(22)8-27-18(23)9-26-17-7-13(20)12(19)6-14(17)21/h3-7H,8-9H2,1-2H3. The van der Waals surface area contributed by atoms with Crippen LogP contribution in [0.1, 0.15) is 10.4 Å². The molecule has 0 saturated carbocycles. The van der Waals surface area contributed by atoms with E-state index >= 15 is 0 Å². The molecule has 0 aliphatic rings. The summed E-state index contributed by atoms with van der Waals surface area (Å²) >= 11 is 17.6. The molecule has 0 N–H and O–H groups in total. The average Bonchev–Trinajstić information content (AvgIpc) is 2.67. The summed E-state index contributed by atoms with van der Waals surface area (Å²) in [4.78, 5) is 24.1. The van der Waals surface area contributed by atoms with Crippen molar-refractivity contribution >= 4 is 46.6 Å². The van der Waals surface area contributed by atoms with Crippen LogP contribution in [0.2, 0.25) is 15.1 Å². The molecule has 9 heteroatoms. The fraction of sp³-hybridized carbons (Fsp3) is 0.222. The molecule has 0 fully saturated rings. The van der Waals surface area contributed by atoms with Gasteiger partial charge in [0.1, 0.15) is 17.2 Å². The van der Waals surface area contributed by atoms with Crippen LogP contribution in [-0.2, 0) is 9.53 Å². The number of ketones is 1. The van der Waals surface area contributed by atoms with E-state index in [9.17, 15) is 9.59 Å². The van der Waals surface area contributed by atoms with Crippen molar-refractivity contribution in [1.82, 2.24) is 0 Å². The highest BCUT2D eigenvalue weighted by Crippen LogP contribution is 2.33. The number of benzene rings is 2. The molecule has 0 unspecified atom stereocenters. The second-order valence-electron chi connectivity index (χ2n) is 5.14. The van der Waals surface area contributed by atoms with E-state index in [1.165, 1.54) is 32.4 Å². The molecule has 0 aromatic heterocycles. The Balaban J connectivity index is 1.92. The van der Waals surface area contributed by atoms with Crippen molar-refractivity contribution in [1.29, 1.82) is 0 Å². The van der Waals surface area contributed by atoms with Gasteiger partial charge in [-0.15, -0.1) is 0 Å². The van der Waals surface area contributed by atoms with Gasteiger partial charge in [-0.3, -0.25) is 4.79 Å². The highest BCUT2D eigenvalue weighted by atomic mass is 35.5. The SMILES string of the molecule is COc1ccc(C(=O)COC(=O)COc2cc(Cl)c(Cl)cc2Cl)c(OC)c1. The van der Waals surface area contributed by atoms with Gasteiger partial charge < -0.3 is 18.9 Å². The second kappa shape index (κ2) is 9.69. The van der Waals surface area contributed by atoms with E-state index in [0.717, 1.165) is 0 Å². The number of rotatable bonds is 8. The van der Waals surface area contributed by atoms with Crippen LogP contribution in [0.25, 0.3) is 0 Å². The van der Waals surface area contributed by atoms with Gasteiger partial charge in [0, 0.05) is 12.1 Å². The predicted molar refractivity (Wildman–Crippen MR) is 102 cm³/mol. The Kier molecular flexibility index (Phi) is 7.59. The predicted octanol–water partition coefficient (Wildman–Crippen LogP) is 4.47. The normalized spacial score (nSPS) is 10.3. The van der Waals surface area contributed by atoms with Crippen LogP contribution in [0.5, 0.6) is 17.2 Å². The minimum absolute atomic E-state index is 0.172. The van der Waals surface area contributed by atoms with Gasteiger partial charge in [0.05, 0.1) is 34.9 Å². The zero-order valence-electron chi connectivity index (χ0n) is 14.4. The molecule has 0 radical (unpaired) electrons. The zero-order chi connectivity index (χ0) is 20.0. The molecule has 0 atom stereocenters. The van der Waals surface area contributed by atoms with Gasteiger partial charge in [-0.05, 0) is 18.2 Å². The number of esters is 1. The lowest BCUT2D eigenvalue weighted by molar-refractivity contribution is -0.144. The maximum absolute atomic E-state index is 12.2. The van der Waals surface area contributed by atoms with Crippen LogP contribution < -0.4 is 14.2 Å². The molecule has 0 saturated heterocycles. The summed E-state index contributed by atoms with van der Waals surface area (Å²) in [5.74, 6) is -0.166. The molecule has 2 aromatic carbocycles. The van der Waals surface area contributed by atoms with Crippen molar-refractivity contribution in [2.45, 2.75) is 0 Å². The summed E-state index contributed by atoms with van der Waals surface area (Å²) in [5, 5.41) is 0.679. The van der Waals surface area contributed by atoms with Gasteiger partial charge in [-0.1, -0.05) is 34.8 Å². The number of hydrogen-bond donors (Lipinski definition) is 0. The van der Waals surface area contributed by atoms with Gasteiger partial charge >= 0.3 is 5.97 Å². The molecule has 0 aliphatic carbocycles. The molecule has 2 aromatic rings. The molecule has 27 heavy (non-hydrogen) atoms. The molecule has 6 nitrogen and oxygen atoms in total. The van der Waals surface area contributed by atoms with Gasteiger partial charge in [0.2, 0.25) is 5.78 Å².